The Labute approximate surface area is 202 Å². The Morgan fingerprint density at radius 2 is 0.882 bits per heavy atom. The number of ether oxygens (including phenoxy) is 2. The Morgan fingerprint density at radius 1 is 0.588 bits per heavy atom. The van der Waals surface area contributed by atoms with E-state index in [1.165, 1.54) is 0 Å². The molecule has 0 aromatic carbocycles. The Bertz CT molecular complexity index is 972. The summed E-state index contributed by atoms with van der Waals surface area (Å²) < 4.78 is 36.0. The van der Waals surface area contributed by atoms with Gasteiger partial charge in [-0.1, -0.05) is 0 Å². The minimum atomic E-state index is -0.574. The van der Waals surface area contributed by atoms with Crippen LogP contribution in [0.1, 0.15) is 55.4 Å². The summed E-state index contributed by atoms with van der Waals surface area (Å²) in [6.45, 7) is 16.1. The molecule has 34 heavy (non-hydrogen) atoms. The molecule has 2 fully saturated rings. The van der Waals surface area contributed by atoms with Crippen LogP contribution in [0.2, 0.25) is 0 Å². The van der Waals surface area contributed by atoms with Gasteiger partial charge in [-0.2, -0.15) is 0 Å². The molecule has 2 aromatic rings. The molecular weight excluding hydrogens is 434 g/mol. The minimum absolute atomic E-state index is 0.459. The Morgan fingerprint density at radius 3 is 1.15 bits per heavy atom. The first-order valence-corrected chi connectivity index (χ1v) is 11.5. The molecule has 182 valence electrons. The van der Waals surface area contributed by atoms with Crippen LogP contribution in [0, 0.1) is 0 Å². The second-order valence-electron chi connectivity index (χ2n) is 10.8. The van der Waals surface area contributed by atoms with E-state index in [1.807, 2.05) is 67.5 Å². The van der Waals surface area contributed by atoms with Crippen molar-refractivity contribution in [3.05, 3.63) is 24.5 Å². The van der Waals surface area contributed by atoms with Gasteiger partial charge >= 0.3 is 14.2 Å². The average molecular weight is 468 g/mol. The van der Waals surface area contributed by atoms with Gasteiger partial charge in [0.05, 0.1) is 48.0 Å². The first kappa shape index (κ1) is 25.0. The van der Waals surface area contributed by atoms with Crippen molar-refractivity contribution in [2.24, 2.45) is 0 Å². The summed E-state index contributed by atoms with van der Waals surface area (Å²) in [5, 5.41) is 0. The monoisotopic (exact) mass is 468 g/mol. The highest BCUT2D eigenvalue weighted by Gasteiger charge is 2.53. The zero-order chi connectivity index (χ0) is 25.1. The lowest BCUT2D eigenvalue weighted by atomic mass is 9.79. The van der Waals surface area contributed by atoms with Gasteiger partial charge in [-0.15, -0.1) is 0 Å². The third-order valence-electron chi connectivity index (χ3n) is 7.51. The number of methoxy groups -OCH3 is 2. The van der Waals surface area contributed by atoms with Crippen LogP contribution in [0.15, 0.2) is 24.5 Å². The number of pyridine rings is 2. The van der Waals surface area contributed by atoms with E-state index in [1.54, 1.807) is 26.6 Å². The van der Waals surface area contributed by atoms with Crippen molar-refractivity contribution < 1.29 is 28.1 Å². The molecule has 0 bridgehead atoms. The van der Waals surface area contributed by atoms with Crippen molar-refractivity contribution in [2.45, 2.75) is 77.8 Å². The molecule has 0 atom stereocenters. The van der Waals surface area contributed by atoms with Crippen molar-refractivity contribution in [3.63, 3.8) is 0 Å². The van der Waals surface area contributed by atoms with Crippen LogP contribution in [-0.2, 0) is 18.6 Å². The summed E-state index contributed by atoms with van der Waals surface area (Å²) in [4.78, 5) is 9.25. The number of hydrogen-bond acceptors (Lipinski definition) is 8. The minimum Gasteiger partial charge on any atom is -0.497 e. The van der Waals surface area contributed by atoms with E-state index in [-0.39, 0.29) is 0 Å². The van der Waals surface area contributed by atoms with Crippen molar-refractivity contribution in [3.8, 4) is 22.9 Å². The second kappa shape index (κ2) is 8.22. The summed E-state index contributed by atoms with van der Waals surface area (Å²) >= 11 is 0. The Balaban J connectivity index is 1.64. The molecular formula is C24H34B2N2O6. The van der Waals surface area contributed by atoms with Gasteiger partial charge in [0.15, 0.2) is 0 Å². The largest absolute Gasteiger partial charge is 0.500 e. The van der Waals surface area contributed by atoms with Gasteiger partial charge in [0.2, 0.25) is 0 Å². The maximum absolute atomic E-state index is 6.18. The maximum atomic E-state index is 6.18. The van der Waals surface area contributed by atoms with Crippen LogP contribution in [0.5, 0.6) is 11.5 Å². The highest BCUT2D eigenvalue weighted by atomic mass is 16.7. The third kappa shape index (κ3) is 4.11. The van der Waals surface area contributed by atoms with Gasteiger partial charge in [0.25, 0.3) is 0 Å². The fraction of sp³-hybridized carbons (Fsp3) is 0.583. The van der Waals surface area contributed by atoms with Crippen molar-refractivity contribution in [1.29, 1.82) is 0 Å². The molecule has 4 rings (SSSR count). The molecule has 2 aromatic heterocycles. The van der Waals surface area contributed by atoms with Gasteiger partial charge < -0.3 is 28.1 Å². The normalized spacial score (nSPS) is 22.2. The molecule has 2 aliphatic heterocycles. The summed E-state index contributed by atoms with van der Waals surface area (Å²) in [6, 6.07) is 3.66. The van der Waals surface area contributed by atoms with Crippen LogP contribution in [-0.4, -0.2) is 60.8 Å². The van der Waals surface area contributed by atoms with Crippen LogP contribution in [0.25, 0.3) is 11.4 Å². The highest BCUT2D eigenvalue weighted by Crippen LogP contribution is 2.38. The fourth-order valence-electron chi connectivity index (χ4n) is 3.82. The quantitative estimate of drug-likeness (QED) is 0.621. The van der Waals surface area contributed by atoms with Crippen LogP contribution in [0.3, 0.4) is 0 Å². The standard InChI is InChI=1S/C24H34B2N2O6/c1-21(2)22(3,4)32-25(31-21)15-13-27-17(11-19(15)29-9)18-12-20(30-10)16(14-28-18)26-33-23(5,6)24(7,8)34-26/h11-14H,1-10H3. The molecule has 4 heterocycles. The second-order valence-corrected chi connectivity index (χ2v) is 10.8. The van der Waals surface area contributed by atoms with E-state index in [0.717, 1.165) is 10.9 Å². The van der Waals surface area contributed by atoms with E-state index in [2.05, 4.69) is 9.97 Å². The SMILES string of the molecule is COc1cc(-c2cc(OC)c(B3OC(C)(C)C(C)(C)O3)cn2)ncc1B1OC(C)(C)C(C)(C)O1. The van der Waals surface area contributed by atoms with E-state index >= 15 is 0 Å². The topological polar surface area (TPSA) is 81.2 Å². The van der Waals surface area contributed by atoms with E-state index in [0.29, 0.717) is 22.9 Å². The lowest BCUT2D eigenvalue weighted by Crippen LogP contribution is -2.41. The zero-order valence-corrected chi connectivity index (χ0v) is 21.8. The summed E-state index contributed by atoms with van der Waals surface area (Å²) in [6.07, 6.45) is 3.43. The number of rotatable bonds is 5. The predicted molar refractivity (Wildman–Crippen MR) is 132 cm³/mol. The highest BCUT2D eigenvalue weighted by molar-refractivity contribution is 6.63. The lowest BCUT2D eigenvalue weighted by Gasteiger charge is -2.32. The molecule has 0 amide bonds. The zero-order valence-electron chi connectivity index (χ0n) is 21.8. The molecule has 0 radical (unpaired) electrons. The Kier molecular flexibility index (Phi) is 6.04. The van der Waals surface area contributed by atoms with Gasteiger partial charge in [0.1, 0.15) is 11.5 Å². The van der Waals surface area contributed by atoms with Crippen LogP contribution < -0.4 is 20.4 Å². The van der Waals surface area contributed by atoms with Crippen LogP contribution >= 0.6 is 0 Å². The fourth-order valence-corrected chi connectivity index (χ4v) is 3.82. The maximum Gasteiger partial charge on any atom is 0.500 e. The molecule has 10 heteroatoms. The smallest absolute Gasteiger partial charge is 0.497 e. The Hall–Kier alpha value is -2.13. The first-order valence-electron chi connectivity index (χ1n) is 11.5. The molecule has 0 aliphatic carbocycles. The van der Waals surface area contributed by atoms with Gasteiger partial charge in [-0.25, -0.2) is 0 Å². The molecule has 0 spiro atoms. The molecule has 0 saturated carbocycles. The van der Waals surface area contributed by atoms with E-state index < -0.39 is 36.6 Å². The summed E-state index contributed by atoms with van der Waals surface area (Å²) in [7, 11) is 2.08. The number of hydrogen-bond donors (Lipinski definition) is 0. The molecule has 8 nitrogen and oxygen atoms in total. The molecule has 2 aliphatic rings. The molecule has 0 unspecified atom stereocenters. The van der Waals surface area contributed by atoms with Crippen LogP contribution in [0.4, 0.5) is 0 Å². The number of nitrogens with zero attached hydrogens (tertiary/aromatic N) is 2. The van der Waals surface area contributed by atoms with Gasteiger partial charge in [-0.3, -0.25) is 9.97 Å². The van der Waals surface area contributed by atoms with Crippen molar-refractivity contribution in [1.82, 2.24) is 9.97 Å². The van der Waals surface area contributed by atoms with Gasteiger partial charge in [-0.05, 0) is 55.4 Å². The van der Waals surface area contributed by atoms with E-state index in [4.69, 9.17) is 28.1 Å². The lowest BCUT2D eigenvalue weighted by molar-refractivity contribution is 0.00578. The third-order valence-corrected chi connectivity index (χ3v) is 7.51. The molecule has 0 N–H and O–H groups in total. The molecule has 2 saturated heterocycles. The summed E-state index contributed by atoms with van der Waals surface area (Å²) in [5.74, 6) is 1.22. The average Bonchev–Trinajstić information content (AvgIpc) is 3.12. The van der Waals surface area contributed by atoms with Gasteiger partial charge in [0, 0.05) is 35.5 Å². The first-order chi connectivity index (χ1) is 15.7. The predicted octanol–water partition coefficient (Wildman–Crippen LogP) is 2.76. The van der Waals surface area contributed by atoms with E-state index in [9.17, 15) is 0 Å². The van der Waals surface area contributed by atoms with Crippen molar-refractivity contribution in [2.75, 3.05) is 14.2 Å². The summed E-state index contributed by atoms with van der Waals surface area (Å²) in [5.41, 5.74) is 0.890. The number of aromatic nitrogens is 2. The van der Waals surface area contributed by atoms with Crippen molar-refractivity contribution >= 4 is 25.2 Å².